The summed E-state index contributed by atoms with van der Waals surface area (Å²) in [4.78, 5) is 13.0. The third-order valence-corrected chi connectivity index (χ3v) is 4.88. The Morgan fingerprint density at radius 2 is 1.80 bits per heavy atom. The minimum absolute atomic E-state index is 0.277. The van der Waals surface area contributed by atoms with Crippen molar-refractivity contribution in [1.29, 1.82) is 0 Å². The molecule has 0 aliphatic carbocycles. The molecule has 0 spiro atoms. The Kier molecular flexibility index (Phi) is 5.23. The van der Waals surface area contributed by atoms with Crippen LogP contribution in [0.5, 0.6) is 0 Å². The summed E-state index contributed by atoms with van der Waals surface area (Å²) >= 11 is 0. The van der Waals surface area contributed by atoms with Crippen LogP contribution in [0.25, 0.3) is 17.1 Å². The van der Waals surface area contributed by atoms with Crippen molar-refractivity contribution >= 4 is 5.91 Å². The molecule has 4 rings (SSSR count). The fourth-order valence-electron chi connectivity index (χ4n) is 3.34. The van der Waals surface area contributed by atoms with Crippen LogP contribution < -0.4 is 5.32 Å². The fraction of sp³-hybridized carbons (Fsp3) is 0.167. The van der Waals surface area contributed by atoms with Crippen molar-refractivity contribution in [3.8, 4) is 17.1 Å². The van der Waals surface area contributed by atoms with Crippen LogP contribution in [-0.2, 0) is 6.54 Å². The molecule has 4 aromatic rings. The van der Waals surface area contributed by atoms with E-state index in [1.54, 1.807) is 22.9 Å². The lowest BCUT2D eigenvalue weighted by Crippen LogP contribution is -2.25. The normalized spacial score (nSPS) is 10.9. The molecule has 0 fully saturated rings. The number of carbonyl (C=O) groups excluding carboxylic acids is 1. The molecule has 152 valence electrons. The Morgan fingerprint density at radius 3 is 2.47 bits per heavy atom. The highest BCUT2D eigenvalue weighted by Gasteiger charge is 2.20. The number of furan rings is 1. The van der Waals surface area contributed by atoms with Crippen LogP contribution in [0, 0.1) is 26.6 Å². The van der Waals surface area contributed by atoms with Gasteiger partial charge in [-0.15, -0.1) is 0 Å². The maximum absolute atomic E-state index is 13.1. The van der Waals surface area contributed by atoms with Gasteiger partial charge in [0.15, 0.2) is 5.76 Å². The summed E-state index contributed by atoms with van der Waals surface area (Å²) in [5.74, 6) is 0.787. The van der Waals surface area contributed by atoms with Crippen molar-refractivity contribution in [1.82, 2.24) is 15.1 Å². The number of amides is 1. The number of nitrogens with zero attached hydrogens (tertiary/aromatic N) is 2. The van der Waals surface area contributed by atoms with E-state index in [1.807, 2.05) is 51.1 Å². The Labute approximate surface area is 174 Å². The summed E-state index contributed by atoms with van der Waals surface area (Å²) < 4.78 is 20.5. The van der Waals surface area contributed by atoms with Crippen molar-refractivity contribution in [2.45, 2.75) is 27.3 Å². The maximum Gasteiger partial charge on any atom is 0.270 e. The second kappa shape index (κ2) is 7.99. The van der Waals surface area contributed by atoms with E-state index in [0.717, 1.165) is 28.1 Å². The van der Waals surface area contributed by atoms with E-state index in [4.69, 9.17) is 4.42 Å². The van der Waals surface area contributed by atoms with E-state index in [0.29, 0.717) is 17.1 Å². The molecule has 0 aliphatic rings. The quantitative estimate of drug-likeness (QED) is 0.503. The van der Waals surface area contributed by atoms with Gasteiger partial charge in [-0.05, 0) is 62.2 Å². The highest BCUT2D eigenvalue weighted by molar-refractivity contribution is 5.94. The first kappa shape index (κ1) is 19.6. The molecule has 0 bridgehead atoms. The van der Waals surface area contributed by atoms with Crippen molar-refractivity contribution in [3.63, 3.8) is 0 Å². The molecule has 6 heteroatoms. The maximum atomic E-state index is 13.1. The highest BCUT2D eigenvalue weighted by Crippen LogP contribution is 2.25. The predicted molar refractivity (Wildman–Crippen MR) is 113 cm³/mol. The van der Waals surface area contributed by atoms with Crippen molar-refractivity contribution in [2.75, 3.05) is 0 Å². The molecule has 30 heavy (non-hydrogen) atoms. The van der Waals surface area contributed by atoms with E-state index in [9.17, 15) is 9.18 Å². The first-order valence-electron chi connectivity index (χ1n) is 9.68. The monoisotopic (exact) mass is 403 g/mol. The summed E-state index contributed by atoms with van der Waals surface area (Å²) in [5.41, 5.74) is 4.75. The molecule has 0 atom stereocenters. The summed E-state index contributed by atoms with van der Waals surface area (Å²) in [7, 11) is 0. The van der Waals surface area contributed by atoms with Crippen LogP contribution in [0.1, 0.15) is 32.9 Å². The van der Waals surface area contributed by atoms with Gasteiger partial charge in [0.25, 0.3) is 5.91 Å². The van der Waals surface area contributed by atoms with Crippen LogP contribution in [-0.4, -0.2) is 15.7 Å². The van der Waals surface area contributed by atoms with Crippen LogP contribution in [0.4, 0.5) is 4.39 Å². The van der Waals surface area contributed by atoms with Crippen LogP contribution in [0.2, 0.25) is 0 Å². The van der Waals surface area contributed by atoms with Gasteiger partial charge in [-0.25, -0.2) is 9.07 Å². The molecular formula is C24H22FN3O2. The van der Waals surface area contributed by atoms with Gasteiger partial charge in [0.2, 0.25) is 0 Å². The first-order valence-corrected chi connectivity index (χ1v) is 9.68. The molecule has 1 N–H and O–H groups in total. The second-order valence-electron chi connectivity index (χ2n) is 7.34. The number of hydrogen-bond acceptors (Lipinski definition) is 3. The molecule has 0 saturated heterocycles. The number of benzene rings is 2. The van der Waals surface area contributed by atoms with E-state index in [2.05, 4.69) is 10.4 Å². The topological polar surface area (TPSA) is 60.1 Å². The summed E-state index contributed by atoms with van der Waals surface area (Å²) in [5, 5.41) is 7.55. The third kappa shape index (κ3) is 4.03. The molecule has 0 radical (unpaired) electrons. The molecule has 0 saturated carbocycles. The lowest BCUT2D eigenvalue weighted by atomic mass is 10.1. The number of aromatic nitrogens is 2. The molecular weight excluding hydrogens is 381 g/mol. The molecule has 5 nitrogen and oxygen atoms in total. The van der Waals surface area contributed by atoms with E-state index in [-0.39, 0.29) is 18.3 Å². The Balaban J connectivity index is 1.70. The summed E-state index contributed by atoms with van der Waals surface area (Å²) in [6.07, 6.45) is 0. The van der Waals surface area contributed by atoms with Gasteiger partial charge in [0.05, 0.1) is 5.69 Å². The zero-order valence-corrected chi connectivity index (χ0v) is 17.1. The number of hydrogen-bond donors (Lipinski definition) is 1. The lowest BCUT2D eigenvalue weighted by Gasteiger charge is -2.11. The zero-order valence-electron chi connectivity index (χ0n) is 17.1. The fourth-order valence-corrected chi connectivity index (χ4v) is 3.34. The van der Waals surface area contributed by atoms with Gasteiger partial charge in [-0.3, -0.25) is 4.79 Å². The largest absolute Gasteiger partial charge is 0.460 e. The zero-order chi connectivity index (χ0) is 21.3. The van der Waals surface area contributed by atoms with Gasteiger partial charge in [-0.1, -0.05) is 29.8 Å². The van der Waals surface area contributed by atoms with Crippen molar-refractivity contribution < 1.29 is 13.6 Å². The standard InChI is InChI=1S/C24H22FN3O2/c1-15-4-10-21(16(2)12-15)28-22(13-20(27-28)23-11-5-17(3)30-23)24(29)26-14-18-6-8-19(25)9-7-18/h4-13H,14H2,1-3H3,(H,26,29). The molecule has 2 heterocycles. The van der Waals surface area contributed by atoms with E-state index in [1.165, 1.54) is 12.1 Å². The van der Waals surface area contributed by atoms with Gasteiger partial charge >= 0.3 is 0 Å². The average molecular weight is 403 g/mol. The second-order valence-corrected chi connectivity index (χ2v) is 7.34. The lowest BCUT2D eigenvalue weighted by molar-refractivity contribution is 0.0943. The number of carbonyl (C=O) groups is 1. The van der Waals surface area contributed by atoms with E-state index >= 15 is 0 Å². The summed E-state index contributed by atoms with van der Waals surface area (Å²) in [6.45, 7) is 6.15. The number of halogens is 1. The Morgan fingerprint density at radius 1 is 1.03 bits per heavy atom. The van der Waals surface area contributed by atoms with Crippen molar-refractivity contribution in [2.24, 2.45) is 0 Å². The van der Waals surface area contributed by atoms with Crippen LogP contribution in [0.3, 0.4) is 0 Å². The average Bonchev–Trinajstić information content (AvgIpc) is 3.34. The molecule has 0 unspecified atom stereocenters. The minimum atomic E-state index is -0.309. The van der Waals surface area contributed by atoms with Gasteiger partial charge in [-0.2, -0.15) is 5.10 Å². The molecule has 1 amide bonds. The first-order chi connectivity index (χ1) is 14.4. The van der Waals surface area contributed by atoms with Gasteiger partial charge in [0, 0.05) is 12.6 Å². The van der Waals surface area contributed by atoms with Crippen LogP contribution >= 0.6 is 0 Å². The Bertz CT molecular complexity index is 1210. The molecule has 0 aliphatic heterocycles. The van der Waals surface area contributed by atoms with Gasteiger partial charge < -0.3 is 9.73 Å². The smallest absolute Gasteiger partial charge is 0.270 e. The molecule has 2 aromatic heterocycles. The van der Waals surface area contributed by atoms with Crippen LogP contribution in [0.15, 0.2) is 65.1 Å². The highest BCUT2D eigenvalue weighted by atomic mass is 19.1. The number of nitrogens with one attached hydrogen (secondary N) is 1. The number of aryl methyl sites for hydroxylation is 3. The third-order valence-electron chi connectivity index (χ3n) is 4.88. The van der Waals surface area contributed by atoms with E-state index < -0.39 is 0 Å². The minimum Gasteiger partial charge on any atom is -0.460 e. The van der Waals surface area contributed by atoms with Gasteiger partial charge in [0.1, 0.15) is 23.0 Å². The number of rotatable bonds is 5. The molecule has 2 aromatic carbocycles. The predicted octanol–water partition coefficient (Wildman–Crippen LogP) is 5.13. The SMILES string of the molecule is Cc1ccc(-n2nc(-c3ccc(C)o3)cc2C(=O)NCc2ccc(F)cc2)c(C)c1. The Hall–Kier alpha value is -3.67. The van der Waals surface area contributed by atoms with Crippen molar-refractivity contribution in [3.05, 3.63) is 94.6 Å². The summed E-state index contributed by atoms with van der Waals surface area (Å²) in [6, 6.07) is 17.4.